The summed E-state index contributed by atoms with van der Waals surface area (Å²) in [6, 6.07) is 0. The maximum absolute atomic E-state index is 13.4. The lowest BCUT2D eigenvalue weighted by molar-refractivity contribution is -0.116. The number of hydrogen-bond acceptors (Lipinski definition) is 2. The maximum Gasteiger partial charge on any atom is 0.418 e. The molecular formula is C28H32F3NO2. The van der Waals surface area contributed by atoms with Crippen LogP contribution in [0, 0.1) is 5.92 Å². The SMILES string of the molecule is C\C=C/C(=C\C(=C\C(=O)NC1=CCC=CC=C1C(F)(F)F)C(C)CC)OCC1=CC=CCC=C1. The van der Waals surface area contributed by atoms with Crippen LogP contribution in [0.25, 0.3) is 0 Å². The first-order valence-corrected chi connectivity index (χ1v) is 11.4. The van der Waals surface area contributed by atoms with Crippen molar-refractivity contribution < 1.29 is 22.7 Å². The normalized spacial score (nSPS) is 18.1. The van der Waals surface area contributed by atoms with Crippen molar-refractivity contribution in [3.05, 3.63) is 107 Å². The number of nitrogens with one attached hydrogen (secondary N) is 1. The van der Waals surface area contributed by atoms with Crippen LogP contribution in [0.1, 0.15) is 40.0 Å². The Morgan fingerprint density at radius 1 is 1.15 bits per heavy atom. The minimum absolute atomic E-state index is 0.00283. The molecule has 0 fully saturated rings. The largest absolute Gasteiger partial charge is 0.489 e. The Morgan fingerprint density at radius 2 is 1.88 bits per heavy atom. The van der Waals surface area contributed by atoms with Crippen molar-refractivity contribution in [3.63, 3.8) is 0 Å². The first-order chi connectivity index (χ1) is 16.2. The molecule has 0 aromatic carbocycles. The van der Waals surface area contributed by atoms with E-state index in [1.807, 2.05) is 57.2 Å². The molecule has 1 N–H and O–H groups in total. The van der Waals surface area contributed by atoms with Crippen LogP contribution in [0.15, 0.2) is 107 Å². The van der Waals surface area contributed by atoms with Gasteiger partial charge in [0.05, 0.1) is 5.57 Å². The summed E-state index contributed by atoms with van der Waals surface area (Å²) in [5.41, 5.74) is 0.566. The zero-order chi connectivity index (χ0) is 25.0. The Bertz CT molecular complexity index is 999. The summed E-state index contributed by atoms with van der Waals surface area (Å²) in [5, 5.41) is 2.42. The second-order valence-corrected chi connectivity index (χ2v) is 7.95. The second-order valence-electron chi connectivity index (χ2n) is 7.95. The zero-order valence-electron chi connectivity index (χ0n) is 19.9. The number of carbonyl (C=O) groups is 1. The van der Waals surface area contributed by atoms with Crippen molar-refractivity contribution in [2.24, 2.45) is 5.92 Å². The molecule has 0 aliphatic heterocycles. The lowest BCUT2D eigenvalue weighted by Gasteiger charge is -2.16. The van der Waals surface area contributed by atoms with Crippen molar-refractivity contribution in [3.8, 4) is 0 Å². The summed E-state index contributed by atoms with van der Waals surface area (Å²) >= 11 is 0. The van der Waals surface area contributed by atoms with Gasteiger partial charge in [-0.05, 0) is 61.5 Å². The van der Waals surface area contributed by atoms with Crippen molar-refractivity contribution >= 4 is 5.91 Å². The van der Waals surface area contributed by atoms with Crippen LogP contribution in [0.3, 0.4) is 0 Å². The van der Waals surface area contributed by atoms with Gasteiger partial charge < -0.3 is 10.1 Å². The Hall–Kier alpha value is -3.28. The van der Waals surface area contributed by atoms with Crippen LogP contribution >= 0.6 is 0 Å². The predicted molar refractivity (Wildman–Crippen MR) is 131 cm³/mol. The van der Waals surface area contributed by atoms with E-state index in [9.17, 15) is 18.0 Å². The molecule has 0 saturated carbocycles. The third-order valence-corrected chi connectivity index (χ3v) is 5.29. The van der Waals surface area contributed by atoms with E-state index in [0.717, 1.165) is 24.5 Å². The third kappa shape index (κ3) is 8.93. The van der Waals surface area contributed by atoms with Crippen LogP contribution < -0.4 is 5.32 Å². The average Bonchev–Trinajstić information content (AvgIpc) is 3.19. The van der Waals surface area contributed by atoms with E-state index >= 15 is 0 Å². The van der Waals surface area contributed by atoms with Crippen LogP contribution in [0.4, 0.5) is 13.2 Å². The Morgan fingerprint density at radius 3 is 2.59 bits per heavy atom. The van der Waals surface area contributed by atoms with Gasteiger partial charge in [0, 0.05) is 11.8 Å². The Kier molecular flexibility index (Phi) is 10.7. The molecule has 6 heteroatoms. The van der Waals surface area contributed by atoms with Crippen LogP contribution in [-0.2, 0) is 9.53 Å². The number of allylic oxidation sites excluding steroid dienone is 13. The van der Waals surface area contributed by atoms with Gasteiger partial charge in [-0.2, -0.15) is 13.2 Å². The molecule has 2 rings (SSSR count). The smallest absolute Gasteiger partial charge is 0.418 e. The molecule has 0 saturated heterocycles. The van der Waals surface area contributed by atoms with Crippen LogP contribution in [-0.4, -0.2) is 18.7 Å². The van der Waals surface area contributed by atoms with Gasteiger partial charge in [-0.25, -0.2) is 0 Å². The summed E-state index contributed by atoms with van der Waals surface area (Å²) in [6.45, 7) is 6.16. The van der Waals surface area contributed by atoms with Crippen LogP contribution in [0.2, 0.25) is 0 Å². The number of rotatable bonds is 9. The molecule has 3 nitrogen and oxygen atoms in total. The molecule has 0 aromatic heterocycles. The molecule has 34 heavy (non-hydrogen) atoms. The Balaban J connectivity index is 2.26. The van der Waals surface area contributed by atoms with E-state index in [1.165, 1.54) is 18.2 Å². The highest BCUT2D eigenvalue weighted by molar-refractivity contribution is 5.90. The molecule has 0 spiro atoms. The van der Waals surface area contributed by atoms with Gasteiger partial charge in [0.15, 0.2) is 0 Å². The van der Waals surface area contributed by atoms with Gasteiger partial charge in [-0.1, -0.05) is 68.5 Å². The number of hydrogen-bond donors (Lipinski definition) is 1. The van der Waals surface area contributed by atoms with Crippen molar-refractivity contribution in [1.82, 2.24) is 5.32 Å². The highest BCUT2D eigenvalue weighted by Gasteiger charge is 2.36. The molecule has 182 valence electrons. The van der Waals surface area contributed by atoms with Gasteiger partial charge in [-0.15, -0.1) is 0 Å². The molecule has 2 aliphatic carbocycles. The van der Waals surface area contributed by atoms with Crippen molar-refractivity contribution in [1.29, 1.82) is 0 Å². The first-order valence-electron chi connectivity index (χ1n) is 11.4. The van der Waals surface area contributed by atoms with Gasteiger partial charge >= 0.3 is 6.18 Å². The first kappa shape index (κ1) is 27.0. The van der Waals surface area contributed by atoms with Gasteiger partial charge in [0.25, 0.3) is 0 Å². The van der Waals surface area contributed by atoms with Crippen molar-refractivity contribution in [2.75, 3.05) is 6.61 Å². The molecule has 0 radical (unpaired) electrons. The Labute approximate surface area is 200 Å². The summed E-state index contributed by atoms with van der Waals surface area (Å²) in [6.07, 6.45) is 19.5. The molecule has 0 aromatic rings. The van der Waals surface area contributed by atoms with E-state index in [1.54, 1.807) is 18.2 Å². The maximum atomic E-state index is 13.4. The average molecular weight is 472 g/mol. The lowest BCUT2D eigenvalue weighted by Crippen LogP contribution is -2.27. The van der Waals surface area contributed by atoms with Crippen LogP contribution in [0.5, 0.6) is 0 Å². The minimum Gasteiger partial charge on any atom is -0.489 e. The summed E-state index contributed by atoms with van der Waals surface area (Å²) in [4.78, 5) is 12.8. The van der Waals surface area contributed by atoms with Gasteiger partial charge in [-0.3, -0.25) is 4.79 Å². The molecule has 1 unspecified atom stereocenters. The zero-order valence-corrected chi connectivity index (χ0v) is 19.9. The van der Waals surface area contributed by atoms with E-state index in [4.69, 9.17) is 4.74 Å². The number of ether oxygens (including phenoxy) is 1. The lowest BCUT2D eigenvalue weighted by atomic mass is 9.97. The highest BCUT2D eigenvalue weighted by atomic mass is 19.4. The minimum atomic E-state index is -4.57. The molecule has 2 aliphatic rings. The fourth-order valence-electron chi connectivity index (χ4n) is 3.23. The number of amides is 1. The molecule has 0 heterocycles. The molecular weight excluding hydrogens is 439 g/mol. The third-order valence-electron chi connectivity index (χ3n) is 5.29. The highest BCUT2D eigenvalue weighted by Crippen LogP contribution is 2.31. The molecule has 1 amide bonds. The number of halogens is 3. The standard InChI is InChI=1S/C28H32F3NO2/c1-4-13-24(34-20-22-14-9-6-7-10-15-22)18-23(21(3)5-2)19-27(33)32-26-17-12-8-11-16-25(26)28(29,30)31/h4,6,8-11,13-19,21H,5,7,12,20H2,1-3H3,(H,32,33)/b13-4-,23-19-,24-18+. The van der Waals surface area contributed by atoms with Crippen molar-refractivity contribution in [2.45, 2.75) is 46.2 Å². The second kappa shape index (κ2) is 13.4. The molecule has 1 atom stereocenters. The van der Waals surface area contributed by atoms with Gasteiger partial charge in [0.1, 0.15) is 12.4 Å². The van der Waals surface area contributed by atoms with E-state index in [2.05, 4.69) is 5.32 Å². The monoisotopic (exact) mass is 471 g/mol. The number of carbonyl (C=O) groups excluding carboxylic acids is 1. The topological polar surface area (TPSA) is 38.3 Å². The summed E-state index contributed by atoms with van der Waals surface area (Å²) in [5.74, 6) is -0.0516. The van der Waals surface area contributed by atoms with Gasteiger partial charge in [0.2, 0.25) is 5.91 Å². The van der Waals surface area contributed by atoms with E-state index < -0.39 is 17.7 Å². The summed E-state index contributed by atoms with van der Waals surface area (Å²) in [7, 11) is 0. The number of alkyl halides is 3. The fourth-order valence-corrected chi connectivity index (χ4v) is 3.23. The summed E-state index contributed by atoms with van der Waals surface area (Å²) < 4.78 is 46.3. The van der Waals surface area contributed by atoms with E-state index in [-0.39, 0.29) is 11.6 Å². The quantitative estimate of drug-likeness (QED) is 0.217. The van der Waals surface area contributed by atoms with E-state index in [0.29, 0.717) is 24.4 Å². The predicted octanol–water partition coefficient (Wildman–Crippen LogP) is 7.33. The fraction of sp³-hybridized carbons (Fsp3) is 0.321. The molecule has 0 bridgehead atoms.